The average Bonchev–Trinajstić information content (AvgIpc) is 2.11. The first-order valence-electron chi connectivity index (χ1n) is 5.79. The lowest BCUT2D eigenvalue weighted by molar-refractivity contribution is -0.128. The molecule has 0 aromatic rings. The third-order valence-corrected chi connectivity index (χ3v) is 3.46. The minimum absolute atomic E-state index is 0.0254. The first-order valence-corrected chi connectivity index (χ1v) is 5.79. The zero-order valence-electron chi connectivity index (χ0n) is 9.88. The van der Waals surface area contributed by atoms with Gasteiger partial charge in [0.15, 0.2) is 0 Å². The van der Waals surface area contributed by atoms with Gasteiger partial charge in [0.25, 0.3) is 0 Å². The second-order valence-electron chi connectivity index (χ2n) is 4.82. The maximum atomic E-state index is 11.4. The smallest absolute Gasteiger partial charge is 0.227 e. The van der Waals surface area contributed by atoms with E-state index in [2.05, 4.69) is 19.2 Å². The molecule has 1 fully saturated rings. The van der Waals surface area contributed by atoms with Crippen LogP contribution in [0.1, 0.15) is 46.5 Å². The van der Waals surface area contributed by atoms with Gasteiger partial charge < -0.3 is 5.32 Å². The van der Waals surface area contributed by atoms with Crippen LogP contribution in [0.25, 0.3) is 0 Å². The van der Waals surface area contributed by atoms with Gasteiger partial charge in [-0.05, 0) is 25.2 Å². The van der Waals surface area contributed by atoms with Crippen molar-refractivity contribution in [1.82, 2.24) is 5.32 Å². The fourth-order valence-electron chi connectivity index (χ4n) is 2.27. The van der Waals surface area contributed by atoms with Crippen LogP contribution < -0.4 is 5.32 Å². The van der Waals surface area contributed by atoms with Gasteiger partial charge >= 0.3 is 0 Å². The number of carbonyl (C=O) groups is 2. The molecule has 0 heterocycles. The molecule has 86 valence electrons. The number of Topliss-reactive ketones (excluding diaryl/α,β-unsaturated/α-hetero) is 1. The van der Waals surface area contributed by atoms with Crippen molar-refractivity contribution >= 4 is 11.7 Å². The summed E-state index contributed by atoms with van der Waals surface area (Å²) in [6.45, 7) is 5.86. The van der Waals surface area contributed by atoms with Crippen LogP contribution in [0.5, 0.6) is 0 Å². The number of hydrogen-bond acceptors (Lipinski definition) is 2. The number of amides is 1. The van der Waals surface area contributed by atoms with Crippen molar-refractivity contribution in [2.24, 2.45) is 11.8 Å². The van der Waals surface area contributed by atoms with E-state index in [1.54, 1.807) is 0 Å². The SMILES string of the molecule is CC(=O)CC(=O)N[C@H]1CCC[C@H](C)[C@H]1C. The predicted molar refractivity (Wildman–Crippen MR) is 59.4 cm³/mol. The molecule has 3 nitrogen and oxygen atoms in total. The maximum Gasteiger partial charge on any atom is 0.227 e. The Labute approximate surface area is 91.6 Å². The summed E-state index contributed by atoms with van der Waals surface area (Å²) in [5.41, 5.74) is 0. The van der Waals surface area contributed by atoms with Gasteiger partial charge in [0.2, 0.25) is 5.91 Å². The molecule has 1 aliphatic rings. The predicted octanol–water partition coefficient (Wildman–Crippen LogP) is 1.91. The van der Waals surface area contributed by atoms with Gasteiger partial charge in [-0.2, -0.15) is 0 Å². The highest BCUT2D eigenvalue weighted by atomic mass is 16.2. The number of rotatable bonds is 3. The average molecular weight is 211 g/mol. The Morgan fingerprint density at radius 2 is 1.93 bits per heavy atom. The van der Waals surface area contributed by atoms with E-state index >= 15 is 0 Å². The molecule has 15 heavy (non-hydrogen) atoms. The van der Waals surface area contributed by atoms with Crippen LogP contribution in [0.3, 0.4) is 0 Å². The monoisotopic (exact) mass is 211 g/mol. The number of carbonyl (C=O) groups excluding carboxylic acids is 2. The van der Waals surface area contributed by atoms with Gasteiger partial charge in [0.05, 0.1) is 6.42 Å². The highest BCUT2D eigenvalue weighted by Gasteiger charge is 2.28. The van der Waals surface area contributed by atoms with E-state index in [0.717, 1.165) is 6.42 Å². The minimum Gasteiger partial charge on any atom is -0.353 e. The number of hydrogen-bond donors (Lipinski definition) is 1. The summed E-state index contributed by atoms with van der Waals surface area (Å²) in [6.07, 6.45) is 3.50. The Bertz CT molecular complexity index is 250. The fraction of sp³-hybridized carbons (Fsp3) is 0.833. The summed E-state index contributed by atoms with van der Waals surface area (Å²) < 4.78 is 0. The van der Waals surface area contributed by atoms with E-state index < -0.39 is 0 Å². The second-order valence-corrected chi connectivity index (χ2v) is 4.82. The van der Waals surface area contributed by atoms with Crippen molar-refractivity contribution in [2.75, 3.05) is 0 Å². The summed E-state index contributed by atoms with van der Waals surface area (Å²) in [5, 5.41) is 2.97. The Kier molecular flexibility index (Phi) is 4.30. The van der Waals surface area contributed by atoms with Crippen LogP contribution in [0, 0.1) is 11.8 Å². The Morgan fingerprint density at radius 1 is 1.27 bits per heavy atom. The third kappa shape index (κ3) is 3.65. The third-order valence-electron chi connectivity index (χ3n) is 3.46. The molecule has 1 saturated carbocycles. The van der Waals surface area contributed by atoms with Crippen LogP contribution >= 0.6 is 0 Å². The summed E-state index contributed by atoms with van der Waals surface area (Å²) in [5.74, 6) is 1.01. The zero-order chi connectivity index (χ0) is 11.4. The molecule has 0 radical (unpaired) electrons. The lowest BCUT2D eigenvalue weighted by Gasteiger charge is -2.34. The summed E-state index contributed by atoms with van der Waals surface area (Å²) in [4.78, 5) is 22.2. The molecule has 0 unspecified atom stereocenters. The van der Waals surface area contributed by atoms with Crippen LogP contribution in [-0.4, -0.2) is 17.7 Å². The largest absolute Gasteiger partial charge is 0.353 e. The Hall–Kier alpha value is -0.860. The van der Waals surface area contributed by atoms with E-state index in [1.165, 1.54) is 19.8 Å². The van der Waals surface area contributed by atoms with Crippen LogP contribution in [-0.2, 0) is 9.59 Å². The van der Waals surface area contributed by atoms with Crippen molar-refractivity contribution in [1.29, 1.82) is 0 Å². The van der Waals surface area contributed by atoms with Crippen molar-refractivity contribution in [3.8, 4) is 0 Å². The van der Waals surface area contributed by atoms with E-state index in [1.807, 2.05) is 0 Å². The molecule has 3 heteroatoms. The molecule has 0 aromatic heterocycles. The first-order chi connectivity index (χ1) is 7.00. The van der Waals surface area contributed by atoms with E-state index in [-0.39, 0.29) is 24.2 Å². The van der Waals surface area contributed by atoms with E-state index in [9.17, 15) is 9.59 Å². The molecule has 0 aromatic carbocycles. The maximum absolute atomic E-state index is 11.4. The highest BCUT2D eigenvalue weighted by Crippen LogP contribution is 2.29. The highest BCUT2D eigenvalue weighted by molar-refractivity contribution is 5.96. The van der Waals surface area contributed by atoms with Crippen molar-refractivity contribution in [3.63, 3.8) is 0 Å². The Balaban J connectivity index is 2.43. The second kappa shape index (κ2) is 5.29. The lowest BCUT2D eigenvalue weighted by Crippen LogP contribution is -2.44. The Morgan fingerprint density at radius 3 is 2.53 bits per heavy atom. The number of nitrogens with one attached hydrogen (secondary N) is 1. The van der Waals surface area contributed by atoms with Gasteiger partial charge in [0.1, 0.15) is 5.78 Å². The lowest BCUT2D eigenvalue weighted by atomic mass is 9.78. The molecule has 0 saturated heterocycles. The fourth-order valence-corrected chi connectivity index (χ4v) is 2.27. The molecular formula is C12H21NO2. The molecule has 1 aliphatic carbocycles. The molecule has 1 amide bonds. The molecule has 0 bridgehead atoms. The molecule has 1 rings (SSSR count). The van der Waals surface area contributed by atoms with Gasteiger partial charge in [0, 0.05) is 6.04 Å². The van der Waals surface area contributed by atoms with E-state index in [0.29, 0.717) is 11.8 Å². The van der Waals surface area contributed by atoms with Gasteiger partial charge in [-0.15, -0.1) is 0 Å². The topological polar surface area (TPSA) is 46.2 Å². The molecule has 0 spiro atoms. The number of ketones is 1. The van der Waals surface area contributed by atoms with Crippen molar-refractivity contribution < 1.29 is 9.59 Å². The zero-order valence-corrected chi connectivity index (χ0v) is 9.88. The van der Waals surface area contributed by atoms with Crippen molar-refractivity contribution in [2.45, 2.75) is 52.5 Å². The normalized spacial score (nSPS) is 31.0. The van der Waals surface area contributed by atoms with Crippen LogP contribution in [0.2, 0.25) is 0 Å². The molecule has 0 aliphatic heterocycles. The summed E-state index contributed by atoms with van der Waals surface area (Å²) in [6, 6.07) is 0.264. The van der Waals surface area contributed by atoms with Crippen LogP contribution in [0.15, 0.2) is 0 Å². The quantitative estimate of drug-likeness (QED) is 0.725. The van der Waals surface area contributed by atoms with E-state index in [4.69, 9.17) is 0 Å². The summed E-state index contributed by atoms with van der Waals surface area (Å²) in [7, 11) is 0. The first kappa shape index (κ1) is 12.2. The van der Waals surface area contributed by atoms with Gasteiger partial charge in [-0.1, -0.05) is 26.7 Å². The summed E-state index contributed by atoms with van der Waals surface area (Å²) >= 11 is 0. The molecule has 1 N–H and O–H groups in total. The van der Waals surface area contributed by atoms with Crippen molar-refractivity contribution in [3.05, 3.63) is 0 Å². The van der Waals surface area contributed by atoms with Crippen LogP contribution in [0.4, 0.5) is 0 Å². The minimum atomic E-state index is -0.117. The van der Waals surface area contributed by atoms with Gasteiger partial charge in [-0.3, -0.25) is 9.59 Å². The molecule has 3 atom stereocenters. The standard InChI is InChI=1S/C12H21NO2/c1-8-5-4-6-11(10(8)3)13-12(15)7-9(2)14/h8,10-11H,4-7H2,1-3H3,(H,13,15)/t8-,10+,11-/m0/s1. The van der Waals surface area contributed by atoms with Gasteiger partial charge in [-0.25, -0.2) is 0 Å². The molecular weight excluding hydrogens is 190 g/mol.